The molecule has 0 heterocycles. The summed E-state index contributed by atoms with van der Waals surface area (Å²) in [6.45, 7) is 0.691. The predicted molar refractivity (Wildman–Crippen MR) is 83.0 cm³/mol. The highest BCUT2D eigenvalue weighted by Gasteiger charge is 2.10. The maximum atomic E-state index is 13.3. The number of benzene rings is 2. The summed E-state index contributed by atoms with van der Waals surface area (Å²) in [5.41, 5.74) is 6.96. The number of halogens is 2. The first-order chi connectivity index (χ1) is 10.5. The molecule has 4 N–H and O–H groups in total. The van der Waals surface area contributed by atoms with Gasteiger partial charge in [0.1, 0.15) is 5.82 Å². The van der Waals surface area contributed by atoms with Crippen molar-refractivity contribution in [3.8, 4) is 0 Å². The molecule has 1 atom stereocenters. The van der Waals surface area contributed by atoms with Gasteiger partial charge in [0, 0.05) is 18.7 Å². The zero-order chi connectivity index (χ0) is 16.1. The fourth-order valence-corrected chi connectivity index (χ4v) is 2.14. The maximum Gasteiger partial charge on any atom is 0.248 e. The van der Waals surface area contributed by atoms with Crippen LogP contribution in [0.5, 0.6) is 0 Å². The van der Waals surface area contributed by atoms with Gasteiger partial charge in [-0.05, 0) is 35.4 Å². The Hall–Kier alpha value is -1.95. The highest BCUT2D eigenvalue weighted by molar-refractivity contribution is 6.30. The van der Waals surface area contributed by atoms with E-state index in [0.717, 1.165) is 5.56 Å². The van der Waals surface area contributed by atoms with Crippen LogP contribution in [0.15, 0.2) is 42.5 Å². The average Bonchev–Trinajstić information content (AvgIpc) is 2.50. The lowest BCUT2D eigenvalue weighted by Crippen LogP contribution is -2.21. The number of primary amides is 1. The Kier molecular flexibility index (Phi) is 5.49. The molecule has 2 rings (SSSR count). The minimum atomic E-state index is -0.855. The molecule has 0 saturated carbocycles. The summed E-state index contributed by atoms with van der Waals surface area (Å²) in [5.74, 6) is -1.05. The third-order valence-corrected chi connectivity index (χ3v) is 3.51. The van der Waals surface area contributed by atoms with Crippen LogP contribution < -0.4 is 11.1 Å². The lowest BCUT2D eigenvalue weighted by molar-refractivity contribution is 0.1000. The van der Waals surface area contributed by atoms with Crippen molar-refractivity contribution in [2.45, 2.75) is 12.6 Å². The molecule has 0 saturated heterocycles. The first-order valence-electron chi connectivity index (χ1n) is 6.70. The first kappa shape index (κ1) is 16.4. The molecule has 1 unspecified atom stereocenters. The molecule has 6 heteroatoms. The molecular weight excluding hydrogens is 307 g/mol. The van der Waals surface area contributed by atoms with E-state index in [1.54, 1.807) is 24.3 Å². The second-order valence-electron chi connectivity index (χ2n) is 4.88. The fourth-order valence-electron chi connectivity index (χ4n) is 2.03. The first-order valence-corrected chi connectivity index (χ1v) is 7.07. The molecule has 1 amide bonds. The van der Waals surface area contributed by atoms with Crippen LogP contribution in [0, 0.1) is 5.82 Å². The smallest absolute Gasteiger partial charge is 0.248 e. The SMILES string of the molecule is NC(=O)c1cccc(CNCC(O)c2ccc(Cl)c(F)c2)c1. The van der Waals surface area contributed by atoms with Crippen molar-refractivity contribution < 1.29 is 14.3 Å². The van der Waals surface area contributed by atoms with Gasteiger partial charge in [-0.25, -0.2) is 4.39 Å². The van der Waals surface area contributed by atoms with E-state index in [1.165, 1.54) is 12.1 Å². The van der Waals surface area contributed by atoms with Crippen molar-refractivity contribution >= 4 is 17.5 Å². The van der Waals surface area contributed by atoms with Gasteiger partial charge in [-0.2, -0.15) is 0 Å². The standard InChI is InChI=1S/C16H16ClFN2O2/c17-13-5-4-11(7-14(13)18)15(21)9-20-8-10-2-1-3-12(6-10)16(19)22/h1-7,15,20-21H,8-9H2,(H2,19,22). The van der Waals surface area contributed by atoms with Crippen LogP contribution >= 0.6 is 11.6 Å². The highest BCUT2D eigenvalue weighted by atomic mass is 35.5. The monoisotopic (exact) mass is 322 g/mol. The summed E-state index contributed by atoms with van der Waals surface area (Å²) in [6, 6.07) is 11.1. The molecule has 22 heavy (non-hydrogen) atoms. The number of nitrogens with one attached hydrogen (secondary N) is 1. The Morgan fingerprint density at radius 1 is 1.32 bits per heavy atom. The molecule has 0 aromatic heterocycles. The zero-order valence-corrected chi connectivity index (χ0v) is 12.5. The molecule has 0 fully saturated rings. The lowest BCUT2D eigenvalue weighted by Gasteiger charge is -2.13. The molecular formula is C16H16ClFN2O2. The van der Waals surface area contributed by atoms with Gasteiger partial charge in [-0.3, -0.25) is 4.79 Å². The average molecular weight is 323 g/mol. The van der Waals surface area contributed by atoms with Crippen molar-refractivity contribution in [3.63, 3.8) is 0 Å². The van der Waals surface area contributed by atoms with Gasteiger partial charge in [0.2, 0.25) is 5.91 Å². The largest absolute Gasteiger partial charge is 0.387 e. The van der Waals surface area contributed by atoms with E-state index in [4.69, 9.17) is 17.3 Å². The maximum absolute atomic E-state index is 13.3. The molecule has 0 aliphatic heterocycles. The fraction of sp³-hybridized carbons (Fsp3) is 0.188. The molecule has 0 aliphatic rings. The molecule has 0 bridgehead atoms. The number of nitrogens with two attached hydrogens (primary N) is 1. The number of rotatable bonds is 6. The van der Waals surface area contributed by atoms with Crippen molar-refractivity contribution in [3.05, 3.63) is 70.0 Å². The molecule has 4 nitrogen and oxygen atoms in total. The Bertz CT molecular complexity index is 679. The summed E-state index contributed by atoms with van der Waals surface area (Å²) in [7, 11) is 0. The van der Waals surface area contributed by atoms with Gasteiger partial charge in [0.25, 0.3) is 0 Å². The summed E-state index contributed by atoms with van der Waals surface area (Å²) in [6.07, 6.45) is -0.855. The molecule has 116 valence electrons. The second-order valence-corrected chi connectivity index (χ2v) is 5.29. The Balaban J connectivity index is 1.91. The minimum Gasteiger partial charge on any atom is -0.387 e. The third-order valence-electron chi connectivity index (χ3n) is 3.21. The Labute approximate surface area is 132 Å². The van der Waals surface area contributed by atoms with Crippen LogP contribution in [0.2, 0.25) is 5.02 Å². The van der Waals surface area contributed by atoms with Crippen LogP contribution in [0.1, 0.15) is 27.6 Å². The van der Waals surface area contributed by atoms with Gasteiger partial charge in [-0.1, -0.05) is 29.8 Å². The topological polar surface area (TPSA) is 75.4 Å². The van der Waals surface area contributed by atoms with Gasteiger partial charge in [0.15, 0.2) is 0 Å². The van der Waals surface area contributed by atoms with Crippen LogP contribution in [0.25, 0.3) is 0 Å². The number of aliphatic hydroxyl groups is 1. The van der Waals surface area contributed by atoms with Crippen LogP contribution in [0.3, 0.4) is 0 Å². The van der Waals surface area contributed by atoms with Gasteiger partial charge in [-0.15, -0.1) is 0 Å². The number of hydrogen-bond acceptors (Lipinski definition) is 3. The summed E-state index contributed by atoms with van der Waals surface area (Å²) in [4.78, 5) is 11.1. The lowest BCUT2D eigenvalue weighted by atomic mass is 10.1. The normalized spacial score (nSPS) is 12.1. The van der Waals surface area contributed by atoms with Crippen molar-refractivity contribution in [1.82, 2.24) is 5.32 Å². The summed E-state index contributed by atoms with van der Waals surface area (Å²) >= 11 is 5.60. The molecule has 0 aliphatic carbocycles. The molecule has 2 aromatic rings. The number of aliphatic hydroxyl groups excluding tert-OH is 1. The number of carbonyl (C=O) groups is 1. The minimum absolute atomic E-state index is 0.0205. The van der Waals surface area contributed by atoms with E-state index in [2.05, 4.69) is 5.32 Å². The van der Waals surface area contributed by atoms with Gasteiger partial charge >= 0.3 is 0 Å². The van der Waals surface area contributed by atoms with E-state index < -0.39 is 17.8 Å². The number of amides is 1. The second kappa shape index (κ2) is 7.35. The van der Waals surface area contributed by atoms with E-state index in [-0.39, 0.29) is 11.6 Å². The zero-order valence-electron chi connectivity index (χ0n) is 11.7. The quantitative estimate of drug-likeness (QED) is 0.764. The van der Waals surface area contributed by atoms with E-state index in [9.17, 15) is 14.3 Å². The Morgan fingerprint density at radius 3 is 2.77 bits per heavy atom. The number of hydrogen-bond donors (Lipinski definition) is 3. The molecule has 0 spiro atoms. The summed E-state index contributed by atoms with van der Waals surface area (Å²) < 4.78 is 13.3. The summed E-state index contributed by atoms with van der Waals surface area (Å²) in [5, 5.41) is 13.1. The van der Waals surface area contributed by atoms with Gasteiger partial charge < -0.3 is 16.2 Å². The Morgan fingerprint density at radius 2 is 2.09 bits per heavy atom. The molecule has 0 radical (unpaired) electrons. The highest BCUT2D eigenvalue weighted by Crippen LogP contribution is 2.20. The van der Waals surface area contributed by atoms with Crippen molar-refractivity contribution in [2.75, 3.05) is 6.54 Å². The van der Waals surface area contributed by atoms with Crippen molar-refractivity contribution in [2.24, 2.45) is 5.73 Å². The number of carbonyl (C=O) groups excluding carboxylic acids is 1. The van der Waals surface area contributed by atoms with E-state index >= 15 is 0 Å². The van der Waals surface area contributed by atoms with Crippen molar-refractivity contribution in [1.29, 1.82) is 0 Å². The van der Waals surface area contributed by atoms with Crippen LogP contribution in [-0.2, 0) is 6.54 Å². The van der Waals surface area contributed by atoms with Crippen LogP contribution in [-0.4, -0.2) is 17.6 Å². The molecule has 2 aromatic carbocycles. The van der Waals surface area contributed by atoms with E-state index in [0.29, 0.717) is 17.7 Å². The predicted octanol–water partition coefficient (Wildman–Crippen LogP) is 2.40. The van der Waals surface area contributed by atoms with E-state index in [1.807, 2.05) is 6.07 Å². The van der Waals surface area contributed by atoms with Gasteiger partial charge in [0.05, 0.1) is 11.1 Å². The van der Waals surface area contributed by atoms with Crippen LogP contribution in [0.4, 0.5) is 4.39 Å². The third kappa shape index (κ3) is 4.27.